The fourth-order valence-corrected chi connectivity index (χ4v) is 4.94. The van der Waals surface area contributed by atoms with Crippen molar-refractivity contribution in [3.8, 4) is 0 Å². The van der Waals surface area contributed by atoms with Gasteiger partial charge < -0.3 is 15.0 Å². The normalized spacial score (nSPS) is 19.8. The summed E-state index contributed by atoms with van der Waals surface area (Å²) in [4.78, 5) is 35.5. The summed E-state index contributed by atoms with van der Waals surface area (Å²) in [5.41, 5.74) is 1.34. The number of alkyl halides is 2. The monoisotopic (exact) mass is 512 g/mol. The minimum Gasteiger partial charge on any atom is -0.463 e. The summed E-state index contributed by atoms with van der Waals surface area (Å²) in [6.07, 6.45) is -1.25. The lowest BCUT2D eigenvalue weighted by molar-refractivity contribution is -0.139. The fraction of sp³-hybridized carbons (Fsp3) is 0.364. The van der Waals surface area contributed by atoms with Crippen LogP contribution in [0.2, 0.25) is 5.02 Å². The van der Waals surface area contributed by atoms with Gasteiger partial charge in [0.25, 0.3) is 5.91 Å². The number of benzene rings is 1. The zero-order chi connectivity index (χ0) is 24.4. The molecule has 7 nitrogen and oxygen atoms in total. The summed E-state index contributed by atoms with van der Waals surface area (Å²) in [7, 11) is 0. The van der Waals surface area contributed by atoms with Crippen LogP contribution in [0.5, 0.6) is 0 Å². The number of hydrogen-bond donors (Lipinski definition) is 1. The molecule has 1 aromatic heterocycles. The molecule has 1 aromatic carbocycles. The van der Waals surface area contributed by atoms with Crippen LogP contribution in [0.1, 0.15) is 23.9 Å². The van der Waals surface area contributed by atoms with Crippen LogP contribution in [0.25, 0.3) is 0 Å². The Labute approximate surface area is 202 Å². The van der Waals surface area contributed by atoms with E-state index in [-0.39, 0.29) is 36.6 Å². The third-order valence-corrected chi connectivity index (χ3v) is 6.56. The number of aromatic nitrogens is 1. The summed E-state index contributed by atoms with van der Waals surface area (Å²) < 4.78 is 44.5. The van der Waals surface area contributed by atoms with Crippen molar-refractivity contribution in [2.75, 3.05) is 13.2 Å². The summed E-state index contributed by atoms with van der Waals surface area (Å²) in [6, 6.07) is 2.57. The molecule has 0 aliphatic carbocycles. The predicted molar refractivity (Wildman–Crippen MR) is 120 cm³/mol. The number of nitrogens with one attached hydrogen (secondary N) is 1. The standard InChI is InChI=1S/C22H20ClF3N4O3S/c1-2-33-22(32)17-15(7-11-3-4-12(24)8-14(11)23)29-19(21-27-5-6-34-21)30-10-13(9-16(17)30)28-20(31)18(25)26/h3-6,8,13,15,18H,2,7,9-10H2,1H3,(H,28,31)/t13-,15?/m0/s1. The molecule has 1 N–H and O–H groups in total. The number of carbonyl (C=O) groups excluding carboxylic acids is 2. The molecule has 0 bridgehead atoms. The van der Waals surface area contributed by atoms with Gasteiger partial charge in [-0.25, -0.2) is 14.2 Å². The van der Waals surface area contributed by atoms with E-state index in [0.717, 1.165) is 0 Å². The van der Waals surface area contributed by atoms with Gasteiger partial charge in [-0.15, -0.1) is 11.3 Å². The summed E-state index contributed by atoms with van der Waals surface area (Å²) in [5.74, 6) is -2.03. The molecule has 180 valence electrons. The van der Waals surface area contributed by atoms with E-state index in [9.17, 15) is 22.8 Å². The van der Waals surface area contributed by atoms with Crippen LogP contribution in [-0.4, -0.2) is 59.3 Å². The molecule has 1 amide bonds. The lowest BCUT2D eigenvalue weighted by atomic mass is 9.95. The molecule has 12 heteroatoms. The Morgan fingerprint density at radius 1 is 1.38 bits per heavy atom. The number of fused-ring (bicyclic) bond motifs is 1. The third-order valence-electron chi connectivity index (χ3n) is 5.44. The number of ether oxygens (including phenoxy) is 1. The molecule has 2 aliphatic rings. The van der Waals surface area contributed by atoms with E-state index in [4.69, 9.17) is 21.3 Å². The van der Waals surface area contributed by atoms with E-state index in [1.165, 1.54) is 29.5 Å². The molecule has 1 unspecified atom stereocenters. The van der Waals surface area contributed by atoms with Crippen molar-refractivity contribution in [3.05, 3.63) is 62.5 Å². The van der Waals surface area contributed by atoms with Crippen LogP contribution < -0.4 is 5.32 Å². The molecule has 1 fully saturated rings. The Bertz CT molecular complexity index is 1160. The molecule has 0 spiro atoms. The molecular weight excluding hydrogens is 493 g/mol. The van der Waals surface area contributed by atoms with Crippen molar-refractivity contribution in [2.45, 2.75) is 38.3 Å². The predicted octanol–water partition coefficient (Wildman–Crippen LogP) is 3.58. The third kappa shape index (κ3) is 4.95. The molecule has 0 saturated carbocycles. The van der Waals surface area contributed by atoms with Gasteiger partial charge >= 0.3 is 12.4 Å². The fourth-order valence-electron chi connectivity index (χ4n) is 4.05. The largest absolute Gasteiger partial charge is 0.463 e. The number of amides is 1. The maximum atomic E-state index is 13.6. The van der Waals surface area contributed by atoms with E-state index in [0.29, 0.717) is 22.1 Å². The molecule has 0 radical (unpaired) electrons. The zero-order valence-corrected chi connectivity index (χ0v) is 19.5. The van der Waals surface area contributed by atoms with E-state index >= 15 is 0 Å². The smallest absolute Gasteiger partial charge is 0.337 e. The lowest BCUT2D eigenvalue weighted by Crippen LogP contribution is -2.42. The van der Waals surface area contributed by atoms with Gasteiger partial charge in [-0.05, 0) is 24.6 Å². The average Bonchev–Trinajstić information content (AvgIpc) is 3.45. The van der Waals surface area contributed by atoms with Crippen LogP contribution in [-0.2, 0) is 20.7 Å². The minimum absolute atomic E-state index is 0.119. The Kier molecular flexibility index (Phi) is 7.22. The van der Waals surface area contributed by atoms with Crippen LogP contribution >= 0.6 is 22.9 Å². The van der Waals surface area contributed by atoms with Gasteiger partial charge in [-0.2, -0.15) is 8.78 Å². The molecule has 1 saturated heterocycles. The molecular formula is C22H20ClF3N4O3S. The van der Waals surface area contributed by atoms with Crippen molar-refractivity contribution in [1.29, 1.82) is 0 Å². The van der Waals surface area contributed by atoms with Gasteiger partial charge in [0, 0.05) is 41.7 Å². The van der Waals surface area contributed by atoms with Gasteiger partial charge in [0.2, 0.25) is 0 Å². The van der Waals surface area contributed by atoms with Crippen LogP contribution in [0, 0.1) is 5.82 Å². The van der Waals surface area contributed by atoms with Gasteiger partial charge in [0.15, 0.2) is 10.8 Å². The van der Waals surface area contributed by atoms with Gasteiger partial charge in [0.1, 0.15) is 5.82 Å². The number of amidine groups is 1. The Morgan fingerprint density at radius 3 is 2.82 bits per heavy atom. The maximum Gasteiger partial charge on any atom is 0.337 e. The SMILES string of the molecule is CCOC(=O)C1=C2C[C@H](NC(=O)C(F)F)CN2C(c2nccs2)=NC1Cc1ccc(F)cc1Cl. The molecule has 34 heavy (non-hydrogen) atoms. The Balaban J connectivity index is 1.77. The first kappa shape index (κ1) is 24.2. The quantitative estimate of drug-likeness (QED) is 0.573. The van der Waals surface area contributed by atoms with Crippen molar-refractivity contribution in [1.82, 2.24) is 15.2 Å². The number of thiazole rings is 1. The Morgan fingerprint density at radius 2 is 2.18 bits per heavy atom. The highest BCUT2D eigenvalue weighted by molar-refractivity contribution is 7.11. The summed E-state index contributed by atoms with van der Waals surface area (Å²) >= 11 is 7.56. The number of esters is 1. The molecule has 3 heterocycles. The first-order valence-electron chi connectivity index (χ1n) is 10.5. The highest BCUT2D eigenvalue weighted by Gasteiger charge is 2.42. The maximum absolute atomic E-state index is 13.6. The number of nitrogens with zero attached hydrogens (tertiary/aromatic N) is 3. The van der Waals surface area contributed by atoms with Crippen molar-refractivity contribution < 1.29 is 27.5 Å². The first-order valence-corrected chi connectivity index (χ1v) is 11.7. The number of hydrogen-bond acceptors (Lipinski definition) is 7. The second-order valence-electron chi connectivity index (χ2n) is 7.65. The second-order valence-corrected chi connectivity index (χ2v) is 8.95. The van der Waals surface area contributed by atoms with E-state index in [2.05, 4.69) is 10.3 Å². The molecule has 2 aliphatic heterocycles. The minimum atomic E-state index is -3.16. The lowest BCUT2D eigenvalue weighted by Gasteiger charge is -2.31. The highest BCUT2D eigenvalue weighted by Crippen LogP contribution is 2.36. The highest BCUT2D eigenvalue weighted by atomic mass is 35.5. The number of carbonyl (C=O) groups is 2. The van der Waals surface area contributed by atoms with Crippen molar-refractivity contribution in [2.24, 2.45) is 4.99 Å². The summed E-state index contributed by atoms with van der Waals surface area (Å²) in [5, 5.41) is 4.84. The number of rotatable bonds is 7. The topological polar surface area (TPSA) is 83.9 Å². The van der Waals surface area contributed by atoms with Crippen LogP contribution in [0.15, 0.2) is 46.0 Å². The summed E-state index contributed by atoms with van der Waals surface area (Å²) in [6.45, 7) is 1.92. The van der Waals surface area contributed by atoms with E-state index in [1.54, 1.807) is 23.4 Å². The van der Waals surface area contributed by atoms with Crippen molar-refractivity contribution in [3.63, 3.8) is 0 Å². The van der Waals surface area contributed by atoms with Crippen LogP contribution in [0.3, 0.4) is 0 Å². The van der Waals surface area contributed by atoms with E-state index in [1.807, 2.05) is 0 Å². The average molecular weight is 513 g/mol. The number of aliphatic imine (C=N–C) groups is 1. The van der Waals surface area contributed by atoms with Crippen LogP contribution in [0.4, 0.5) is 13.2 Å². The van der Waals surface area contributed by atoms with E-state index < -0.39 is 36.2 Å². The van der Waals surface area contributed by atoms with Gasteiger partial charge in [0.05, 0.1) is 24.3 Å². The van der Waals surface area contributed by atoms with Gasteiger partial charge in [-0.1, -0.05) is 17.7 Å². The Hall–Kier alpha value is -2.92. The molecule has 2 aromatic rings. The van der Waals surface area contributed by atoms with Crippen molar-refractivity contribution >= 4 is 40.6 Å². The van der Waals surface area contributed by atoms with Gasteiger partial charge in [-0.3, -0.25) is 9.79 Å². The molecule has 2 atom stereocenters. The molecule has 4 rings (SSSR count). The first-order chi connectivity index (χ1) is 16.3. The number of halogens is 4. The zero-order valence-electron chi connectivity index (χ0n) is 17.9. The second kappa shape index (κ2) is 10.1.